The predicted octanol–water partition coefficient (Wildman–Crippen LogP) is 4.51. The molecule has 0 bridgehead atoms. The number of benzene rings is 1. The van der Waals surface area contributed by atoms with Crippen molar-refractivity contribution in [1.29, 1.82) is 0 Å². The summed E-state index contributed by atoms with van der Waals surface area (Å²) >= 11 is 0. The number of aromatic carboxylic acids is 1. The van der Waals surface area contributed by atoms with Crippen LogP contribution in [-0.4, -0.2) is 61.9 Å². The van der Waals surface area contributed by atoms with E-state index in [0.717, 1.165) is 23.1 Å². The molecule has 1 aliphatic heterocycles. The number of aryl methyl sites for hydroxylation is 1. The molecule has 37 heavy (non-hydrogen) atoms. The molecule has 2 unspecified atom stereocenters. The lowest BCUT2D eigenvalue weighted by atomic mass is 9.97. The maximum atomic E-state index is 13.0. The number of carbonyl (C=O) groups is 2. The van der Waals surface area contributed by atoms with Crippen LogP contribution in [0, 0.1) is 0 Å². The third-order valence-electron chi connectivity index (χ3n) is 5.94. The van der Waals surface area contributed by atoms with Gasteiger partial charge in [-0.25, -0.2) is 14.6 Å². The summed E-state index contributed by atoms with van der Waals surface area (Å²) in [6.45, 7) is 5.69. The van der Waals surface area contributed by atoms with E-state index in [0.29, 0.717) is 17.7 Å². The topological polar surface area (TPSA) is 122 Å². The molecule has 0 radical (unpaired) electrons. The van der Waals surface area contributed by atoms with Gasteiger partial charge in [-0.2, -0.15) is 0 Å². The maximum absolute atomic E-state index is 13.0. The number of aliphatic hydroxyl groups excluding tert-OH is 1. The molecule has 3 aromatic rings. The third-order valence-corrected chi connectivity index (χ3v) is 5.94. The number of pyridine rings is 2. The number of rotatable bonds is 7. The van der Waals surface area contributed by atoms with Crippen LogP contribution in [0.25, 0.3) is 11.1 Å². The van der Waals surface area contributed by atoms with E-state index in [4.69, 9.17) is 9.47 Å². The van der Waals surface area contributed by atoms with Crippen molar-refractivity contribution in [2.24, 2.45) is 0 Å². The van der Waals surface area contributed by atoms with Crippen LogP contribution in [0.3, 0.4) is 0 Å². The molecule has 2 atom stereocenters. The fourth-order valence-corrected chi connectivity index (χ4v) is 4.16. The fourth-order valence-electron chi connectivity index (χ4n) is 4.16. The van der Waals surface area contributed by atoms with E-state index in [1.807, 2.05) is 18.2 Å². The first-order valence-corrected chi connectivity index (χ1v) is 12.1. The lowest BCUT2D eigenvalue weighted by molar-refractivity contribution is 0.00365. The largest absolute Gasteiger partial charge is 0.488 e. The van der Waals surface area contributed by atoms with Crippen molar-refractivity contribution in [3.05, 3.63) is 77.9 Å². The number of carboxylic acid groups (broad SMARTS) is 1. The molecule has 194 valence electrons. The Morgan fingerprint density at radius 1 is 1.16 bits per heavy atom. The van der Waals surface area contributed by atoms with Crippen LogP contribution < -0.4 is 4.74 Å². The second-order valence-electron chi connectivity index (χ2n) is 10.0. The van der Waals surface area contributed by atoms with Gasteiger partial charge in [0.05, 0.1) is 19.2 Å². The van der Waals surface area contributed by atoms with Gasteiger partial charge >= 0.3 is 12.1 Å². The highest BCUT2D eigenvalue weighted by molar-refractivity contribution is 5.87. The molecular formula is C28H31N3O6. The number of carboxylic acids is 1. The molecule has 0 aliphatic carbocycles. The summed E-state index contributed by atoms with van der Waals surface area (Å²) in [5.74, 6) is -0.362. The van der Waals surface area contributed by atoms with Gasteiger partial charge in [0.25, 0.3) is 0 Å². The highest BCUT2D eigenvalue weighted by Gasteiger charge is 2.29. The van der Waals surface area contributed by atoms with Crippen molar-refractivity contribution in [2.45, 2.75) is 51.4 Å². The number of amides is 1. The molecule has 0 fully saturated rings. The van der Waals surface area contributed by atoms with Crippen LogP contribution in [0.5, 0.6) is 5.75 Å². The first kappa shape index (κ1) is 26.1. The third kappa shape index (κ3) is 6.83. The number of hydrogen-bond donors (Lipinski definition) is 2. The van der Waals surface area contributed by atoms with Crippen molar-refractivity contribution >= 4 is 12.1 Å². The summed E-state index contributed by atoms with van der Waals surface area (Å²) in [5.41, 5.74) is 2.56. The van der Waals surface area contributed by atoms with Gasteiger partial charge < -0.3 is 24.6 Å². The van der Waals surface area contributed by atoms with Gasteiger partial charge in [-0.3, -0.25) is 4.98 Å². The normalized spacial score (nSPS) is 15.7. The van der Waals surface area contributed by atoms with Crippen LogP contribution in [-0.2, 0) is 11.2 Å². The SMILES string of the molecule is CC(C)(C)OC(=O)N(CC1CCc2cc(-c3ccnc(C(=O)O)c3)ccc2O1)CC(O)c1cccnc1. The quantitative estimate of drug-likeness (QED) is 0.481. The summed E-state index contributed by atoms with van der Waals surface area (Å²) in [6.07, 6.45) is 4.34. The van der Waals surface area contributed by atoms with Crippen LogP contribution in [0.1, 0.15) is 54.9 Å². The Morgan fingerprint density at radius 2 is 1.95 bits per heavy atom. The number of nitrogens with zero attached hydrogens (tertiary/aromatic N) is 3. The van der Waals surface area contributed by atoms with Gasteiger partial charge in [-0.15, -0.1) is 0 Å². The second-order valence-corrected chi connectivity index (χ2v) is 10.0. The molecule has 1 aromatic carbocycles. The van der Waals surface area contributed by atoms with Crippen molar-refractivity contribution in [2.75, 3.05) is 13.1 Å². The highest BCUT2D eigenvalue weighted by Crippen LogP contribution is 2.33. The van der Waals surface area contributed by atoms with Crippen LogP contribution >= 0.6 is 0 Å². The number of hydrogen-bond acceptors (Lipinski definition) is 7. The second kappa shape index (κ2) is 11.0. The minimum Gasteiger partial charge on any atom is -0.488 e. The molecule has 9 nitrogen and oxygen atoms in total. The monoisotopic (exact) mass is 505 g/mol. The lowest BCUT2D eigenvalue weighted by Gasteiger charge is -2.33. The molecule has 2 aromatic heterocycles. The minimum atomic E-state index is -1.07. The predicted molar refractivity (Wildman–Crippen MR) is 136 cm³/mol. The van der Waals surface area contributed by atoms with Crippen molar-refractivity contribution < 1.29 is 29.3 Å². The van der Waals surface area contributed by atoms with Gasteiger partial charge in [0.2, 0.25) is 0 Å². The maximum Gasteiger partial charge on any atom is 0.410 e. The van der Waals surface area contributed by atoms with Crippen molar-refractivity contribution in [3.8, 4) is 16.9 Å². The fraction of sp³-hybridized carbons (Fsp3) is 0.357. The minimum absolute atomic E-state index is 0.0118. The van der Waals surface area contributed by atoms with Crippen LogP contribution in [0.4, 0.5) is 4.79 Å². The Bertz CT molecular complexity index is 1260. The van der Waals surface area contributed by atoms with Gasteiger partial charge in [-0.1, -0.05) is 12.1 Å². The first-order chi connectivity index (χ1) is 17.6. The summed E-state index contributed by atoms with van der Waals surface area (Å²) in [4.78, 5) is 33.7. The van der Waals surface area contributed by atoms with Gasteiger partial charge in [0, 0.05) is 24.2 Å². The standard InChI is InChI=1S/C28H31N3O6/c1-28(2,3)37-27(35)31(17-24(32)21-5-4-11-29-15-21)16-22-8-6-20-13-18(7-9-25(20)36-22)19-10-12-30-23(14-19)26(33)34/h4-5,7,9-15,22,24,32H,6,8,16-17H2,1-3H3,(H,33,34). The summed E-state index contributed by atoms with van der Waals surface area (Å²) in [6, 6.07) is 12.5. The van der Waals surface area contributed by atoms with Gasteiger partial charge in [0.1, 0.15) is 23.1 Å². The summed E-state index contributed by atoms with van der Waals surface area (Å²) in [5, 5.41) is 20.0. The van der Waals surface area contributed by atoms with Crippen LogP contribution in [0.2, 0.25) is 0 Å². The molecule has 0 saturated carbocycles. The molecule has 0 spiro atoms. The van der Waals surface area contributed by atoms with Crippen LogP contribution in [0.15, 0.2) is 61.1 Å². The molecule has 9 heteroatoms. The zero-order chi connectivity index (χ0) is 26.6. The number of fused-ring (bicyclic) bond motifs is 1. The van der Waals surface area contributed by atoms with E-state index in [9.17, 15) is 19.8 Å². The highest BCUT2D eigenvalue weighted by atomic mass is 16.6. The number of carbonyl (C=O) groups excluding carboxylic acids is 1. The molecule has 1 amide bonds. The zero-order valence-electron chi connectivity index (χ0n) is 21.1. The smallest absolute Gasteiger partial charge is 0.410 e. The Morgan fingerprint density at radius 3 is 2.65 bits per heavy atom. The summed E-state index contributed by atoms with van der Waals surface area (Å²) in [7, 11) is 0. The van der Waals surface area contributed by atoms with E-state index in [1.54, 1.807) is 57.4 Å². The Kier molecular flexibility index (Phi) is 7.73. The Labute approximate surface area is 215 Å². The van der Waals surface area contributed by atoms with E-state index >= 15 is 0 Å². The molecule has 2 N–H and O–H groups in total. The Balaban J connectivity index is 1.49. The van der Waals surface area contributed by atoms with E-state index in [-0.39, 0.29) is 24.9 Å². The molecule has 3 heterocycles. The summed E-state index contributed by atoms with van der Waals surface area (Å²) < 4.78 is 11.8. The van der Waals surface area contributed by atoms with E-state index < -0.39 is 23.8 Å². The van der Waals surface area contributed by atoms with Crippen molar-refractivity contribution in [1.82, 2.24) is 14.9 Å². The molecule has 4 rings (SSSR count). The molecular weight excluding hydrogens is 474 g/mol. The molecule has 1 aliphatic rings. The number of ether oxygens (including phenoxy) is 2. The average Bonchev–Trinajstić information content (AvgIpc) is 2.87. The zero-order valence-corrected chi connectivity index (χ0v) is 21.1. The van der Waals surface area contributed by atoms with Gasteiger partial charge in [-0.05, 0) is 80.6 Å². The van der Waals surface area contributed by atoms with E-state index in [2.05, 4.69) is 9.97 Å². The molecule has 0 saturated heterocycles. The Hall–Kier alpha value is -3.98. The first-order valence-electron chi connectivity index (χ1n) is 12.1. The average molecular weight is 506 g/mol. The number of aliphatic hydroxyl groups is 1. The number of aromatic nitrogens is 2. The van der Waals surface area contributed by atoms with Crippen molar-refractivity contribution in [3.63, 3.8) is 0 Å². The lowest BCUT2D eigenvalue weighted by Crippen LogP contribution is -2.45. The van der Waals surface area contributed by atoms with Gasteiger partial charge in [0.15, 0.2) is 0 Å². The van der Waals surface area contributed by atoms with E-state index in [1.165, 1.54) is 11.1 Å².